The van der Waals surface area contributed by atoms with Gasteiger partial charge >= 0.3 is 0 Å². The van der Waals surface area contributed by atoms with Crippen LogP contribution < -0.4 is 10.2 Å². The van der Waals surface area contributed by atoms with E-state index in [0.29, 0.717) is 11.4 Å². The molecule has 1 aromatic heterocycles. The lowest BCUT2D eigenvalue weighted by molar-refractivity contribution is -0.135. The van der Waals surface area contributed by atoms with Crippen molar-refractivity contribution in [3.05, 3.63) is 23.9 Å². The van der Waals surface area contributed by atoms with Crippen molar-refractivity contribution in [2.75, 3.05) is 11.4 Å². The Bertz CT molecular complexity index is 526. The Morgan fingerprint density at radius 2 is 2.16 bits per heavy atom. The lowest BCUT2D eigenvalue weighted by Crippen LogP contribution is -2.64. The predicted octanol–water partition coefficient (Wildman–Crippen LogP) is 0.376. The standard InChI is InChI=1S/C13H17N3O3/c1-8(17)9-4-5-14-10(6-9)16-7-11(18)15-12(19)13(16,2)3/h4-6,8,17H,7H2,1-3H3,(H,15,18,19). The molecule has 1 aromatic rings. The summed E-state index contributed by atoms with van der Waals surface area (Å²) in [5.41, 5.74) is -0.169. The van der Waals surface area contributed by atoms with Crippen LogP contribution in [0.25, 0.3) is 0 Å². The van der Waals surface area contributed by atoms with Crippen LogP contribution in [0.5, 0.6) is 0 Å². The molecule has 6 heteroatoms. The van der Waals surface area contributed by atoms with Crippen molar-refractivity contribution in [2.24, 2.45) is 0 Å². The van der Waals surface area contributed by atoms with E-state index in [1.54, 1.807) is 44.0 Å². The summed E-state index contributed by atoms with van der Waals surface area (Å²) in [6.45, 7) is 5.17. The topological polar surface area (TPSA) is 82.5 Å². The smallest absolute Gasteiger partial charge is 0.251 e. The number of nitrogens with one attached hydrogen (secondary N) is 1. The van der Waals surface area contributed by atoms with Gasteiger partial charge in [-0.15, -0.1) is 0 Å². The zero-order valence-corrected chi connectivity index (χ0v) is 11.2. The van der Waals surface area contributed by atoms with Crippen molar-refractivity contribution >= 4 is 17.6 Å². The van der Waals surface area contributed by atoms with Crippen LogP contribution in [-0.4, -0.2) is 34.0 Å². The van der Waals surface area contributed by atoms with E-state index in [-0.39, 0.29) is 18.4 Å². The number of rotatable bonds is 2. The molecule has 2 heterocycles. The molecule has 0 aromatic carbocycles. The van der Waals surface area contributed by atoms with E-state index in [9.17, 15) is 14.7 Å². The van der Waals surface area contributed by atoms with Crippen molar-refractivity contribution in [3.63, 3.8) is 0 Å². The number of imide groups is 1. The van der Waals surface area contributed by atoms with Crippen molar-refractivity contribution in [3.8, 4) is 0 Å². The van der Waals surface area contributed by atoms with Crippen LogP contribution >= 0.6 is 0 Å². The van der Waals surface area contributed by atoms with Gasteiger partial charge in [0.25, 0.3) is 5.91 Å². The largest absolute Gasteiger partial charge is 0.389 e. The number of carbonyl (C=O) groups excluding carboxylic acids is 2. The molecule has 0 radical (unpaired) electrons. The zero-order valence-electron chi connectivity index (χ0n) is 11.2. The zero-order chi connectivity index (χ0) is 14.2. The third-order valence-electron chi connectivity index (χ3n) is 3.31. The summed E-state index contributed by atoms with van der Waals surface area (Å²) in [5.74, 6) is -0.201. The number of nitrogens with zero attached hydrogens (tertiary/aromatic N) is 2. The van der Waals surface area contributed by atoms with E-state index in [4.69, 9.17) is 0 Å². The molecule has 1 fully saturated rings. The first-order chi connectivity index (χ1) is 8.82. The number of amides is 2. The second kappa shape index (κ2) is 4.62. The predicted molar refractivity (Wildman–Crippen MR) is 69.4 cm³/mol. The average molecular weight is 263 g/mol. The Morgan fingerprint density at radius 1 is 1.47 bits per heavy atom. The van der Waals surface area contributed by atoms with Gasteiger partial charge in [-0.3, -0.25) is 14.9 Å². The van der Waals surface area contributed by atoms with Gasteiger partial charge < -0.3 is 10.0 Å². The fraction of sp³-hybridized carbons (Fsp3) is 0.462. The van der Waals surface area contributed by atoms with Crippen LogP contribution in [0.15, 0.2) is 18.3 Å². The molecule has 6 nitrogen and oxygen atoms in total. The molecule has 1 aliphatic rings. The molecule has 2 rings (SSSR count). The molecule has 102 valence electrons. The fourth-order valence-corrected chi connectivity index (χ4v) is 1.99. The first kappa shape index (κ1) is 13.5. The van der Waals surface area contributed by atoms with Crippen LogP contribution in [0.2, 0.25) is 0 Å². The molecule has 0 spiro atoms. The maximum atomic E-state index is 11.9. The summed E-state index contributed by atoms with van der Waals surface area (Å²) in [5, 5.41) is 11.9. The molecule has 1 unspecified atom stereocenters. The van der Waals surface area contributed by atoms with Gasteiger partial charge in [0.2, 0.25) is 5.91 Å². The fourth-order valence-electron chi connectivity index (χ4n) is 1.99. The summed E-state index contributed by atoms with van der Waals surface area (Å²) < 4.78 is 0. The Morgan fingerprint density at radius 3 is 2.79 bits per heavy atom. The van der Waals surface area contributed by atoms with Gasteiger partial charge in [-0.1, -0.05) is 0 Å². The van der Waals surface area contributed by atoms with Crippen molar-refractivity contribution in [2.45, 2.75) is 32.4 Å². The summed E-state index contributed by atoms with van der Waals surface area (Å²) in [6.07, 6.45) is 0.934. The minimum absolute atomic E-state index is 0.0645. The lowest BCUT2D eigenvalue weighted by Gasteiger charge is -2.41. The summed E-state index contributed by atoms with van der Waals surface area (Å²) in [6, 6.07) is 3.39. The quantitative estimate of drug-likeness (QED) is 0.754. The van der Waals surface area contributed by atoms with Crippen molar-refractivity contribution in [1.82, 2.24) is 10.3 Å². The first-order valence-electron chi connectivity index (χ1n) is 6.08. The average Bonchev–Trinajstić information content (AvgIpc) is 2.34. The third-order valence-corrected chi connectivity index (χ3v) is 3.31. The molecule has 1 aliphatic heterocycles. The second-order valence-corrected chi connectivity index (χ2v) is 5.15. The Hall–Kier alpha value is -1.95. The van der Waals surface area contributed by atoms with Gasteiger partial charge in [0.05, 0.1) is 12.6 Å². The van der Waals surface area contributed by atoms with E-state index in [0.717, 1.165) is 0 Å². The first-order valence-corrected chi connectivity index (χ1v) is 6.08. The number of hydrogen-bond donors (Lipinski definition) is 2. The number of aliphatic hydroxyl groups is 1. The summed E-state index contributed by atoms with van der Waals surface area (Å²) in [7, 11) is 0. The van der Waals surface area contributed by atoms with Crippen LogP contribution in [0.4, 0.5) is 5.82 Å². The third kappa shape index (κ3) is 2.44. The number of hydrogen-bond acceptors (Lipinski definition) is 5. The van der Waals surface area contributed by atoms with Crippen LogP contribution in [0.3, 0.4) is 0 Å². The second-order valence-electron chi connectivity index (χ2n) is 5.15. The van der Waals surface area contributed by atoms with Gasteiger partial charge in [0.1, 0.15) is 11.4 Å². The molecule has 0 aliphatic carbocycles. The number of aliphatic hydroxyl groups excluding tert-OH is 1. The molecule has 0 saturated carbocycles. The summed E-state index contributed by atoms with van der Waals surface area (Å²) in [4.78, 5) is 29.2. The monoisotopic (exact) mass is 263 g/mol. The van der Waals surface area contributed by atoms with Gasteiger partial charge in [0, 0.05) is 6.20 Å². The number of aromatic nitrogens is 1. The van der Waals surface area contributed by atoms with Crippen LogP contribution in [-0.2, 0) is 9.59 Å². The highest BCUT2D eigenvalue weighted by atomic mass is 16.3. The molecule has 1 saturated heterocycles. The molecule has 0 bridgehead atoms. The minimum Gasteiger partial charge on any atom is -0.389 e. The number of piperazine rings is 1. The maximum absolute atomic E-state index is 11.9. The Kier molecular flexibility index (Phi) is 3.28. The number of anilines is 1. The molecular weight excluding hydrogens is 246 g/mol. The van der Waals surface area contributed by atoms with Gasteiger partial charge in [-0.2, -0.15) is 0 Å². The van der Waals surface area contributed by atoms with Crippen LogP contribution in [0, 0.1) is 0 Å². The van der Waals surface area contributed by atoms with Crippen molar-refractivity contribution < 1.29 is 14.7 Å². The summed E-state index contributed by atoms with van der Waals surface area (Å²) >= 11 is 0. The molecule has 2 amide bonds. The molecule has 1 atom stereocenters. The number of carbonyl (C=O) groups is 2. The van der Waals surface area contributed by atoms with Gasteiger partial charge in [-0.25, -0.2) is 4.98 Å². The van der Waals surface area contributed by atoms with E-state index >= 15 is 0 Å². The van der Waals surface area contributed by atoms with Crippen molar-refractivity contribution in [1.29, 1.82) is 0 Å². The van der Waals surface area contributed by atoms with E-state index in [1.165, 1.54) is 0 Å². The Labute approximate surface area is 111 Å². The Balaban J connectivity index is 2.41. The maximum Gasteiger partial charge on any atom is 0.251 e. The highest BCUT2D eigenvalue weighted by Crippen LogP contribution is 2.26. The lowest BCUT2D eigenvalue weighted by atomic mass is 9.98. The van der Waals surface area contributed by atoms with Gasteiger partial charge in [-0.05, 0) is 38.5 Å². The van der Waals surface area contributed by atoms with Gasteiger partial charge in [0.15, 0.2) is 0 Å². The van der Waals surface area contributed by atoms with E-state index in [1.807, 2.05) is 0 Å². The number of pyridine rings is 1. The van der Waals surface area contributed by atoms with Crippen LogP contribution in [0.1, 0.15) is 32.4 Å². The highest BCUT2D eigenvalue weighted by molar-refractivity contribution is 6.06. The highest BCUT2D eigenvalue weighted by Gasteiger charge is 2.41. The molecule has 2 N–H and O–H groups in total. The SMILES string of the molecule is CC(O)c1ccnc(N2CC(=O)NC(=O)C2(C)C)c1. The van der Waals surface area contributed by atoms with E-state index < -0.39 is 11.6 Å². The minimum atomic E-state index is -0.863. The van der Waals surface area contributed by atoms with E-state index in [2.05, 4.69) is 10.3 Å². The molecular formula is C13H17N3O3. The molecule has 19 heavy (non-hydrogen) atoms. The normalized spacial score (nSPS) is 20.1.